The van der Waals surface area contributed by atoms with Crippen LogP contribution >= 0.6 is 0 Å². The van der Waals surface area contributed by atoms with Crippen molar-refractivity contribution in [3.05, 3.63) is 23.9 Å². The van der Waals surface area contributed by atoms with Gasteiger partial charge in [0.15, 0.2) is 0 Å². The lowest BCUT2D eigenvalue weighted by Gasteiger charge is -2.40. The number of hydrogen-bond acceptors (Lipinski definition) is 6. The predicted octanol–water partition coefficient (Wildman–Crippen LogP) is 1.37. The lowest BCUT2D eigenvalue weighted by molar-refractivity contribution is 0.00158. The number of rotatable bonds is 3. The van der Waals surface area contributed by atoms with Gasteiger partial charge in [-0.2, -0.15) is 0 Å². The van der Waals surface area contributed by atoms with E-state index in [0.717, 1.165) is 77.4 Å². The number of amides is 1. The third-order valence-corrected chi connectivity index (χ3v) is 6.31. The Morgan fingerprint density at radius 3 is 2.57 bits per heavy atom. The van der Waals surface area contributed by atoms with Crippen LogP contribution in [-0.4, -0.2) is 89.9 Å². The highest BCUT2D eigenvalue weighted by molar-refractivity contribution is 5.94. The molecule has 3 fully saturated rings. The molecule has 3 saturated heterocycles. The van der Waals surface area contributed by atoms with E-state index in [-0.39, 0.29) is 5.91 Å². The number of likely N-dealkylation sites (tertiary alicyclic amines) is 1. The van der Waals surface area contributed by atoms with Gasteiger partial charge in [0.1, 0.15) is 5.82 Å². The Balaban J connectivity index is 1.32. The zero-order valence-electron chi connectivity index (χ0n) is 16.8. The average Bonchev–Trinajstić information content (AvgIpc) is 2.73. The Labute approximate surface area is 167 Å². The van der Waals surface area contributed by atoms with E-state index in [0.29, 0.717) is 18.2 Å². The number of pyridine rings is 1. The Kier molecular flexibility index (Phi) is 5.85. The topological polar surface area (TPSA) is 69.1 Å². The van der Waals surface area contributed by atoms with Crippen LogP contribution in [-0.2, 0) is 4.74 Å². The van der Waals surface area contributed by atoms with E-state index in [1.807, 2.05) is 24.0 Å². The number of carbonyl (C=O) groups excluding carboxylic acids is 1. The predicted molar refractivity (Wildman–Crippen MR) is 108 cm³/mol. The lowest BCUT2D eigenvalue weighted by atomic mass is 9.95. The zero-order valence-corrected chi connectivity index (χ0v) is 16.8. The Morgan fingerprint density at radius 1 is 1.18 bits per heavy atom. The van der Waals surface area contributed by atoms with Gasteiger partial charge in [0.05, 0.1) is 24.4 Å². The lowest BCUT2D eigenvalue weighted by Crippen LogP contribution is -2.50. The van der Waals surface area contributed by atoms with Gasteiger partial charge >= 0.3 is 0 Å². The molecular formula is C21H32N4O3. The van der Waals surface area contributed by atoms with Gasteiger partial charge in [-0.1, -0.05) is 0 Å². The second-order valence-electron chi connectivity index (χ2n) is 8.60. The van der Waals surface area contributed by atoms with Gasteiger partial charge in [0, 0.05) is 51.5 Å². The summed E-state index contributed by atoms with van der Waals surface area (Å²) in [6.45, 7) is 8.62. The van der Waals surface area contributed by atoms with E-state index >= 15 is 0 Å². The molecule has 0 saturated carbocycles. The number of anilines is 1. The summed E-state index contributed by atoms with van der Waals surface area (Å²) in [6, 6.07) is 4.36. The molecule has 0 unspecified atom stereocenters. The molecule has 4 rings (SSSR count). The minimum absolute atomic E-state index is 0.0742. The van der Waals surface area contributed by atoms with Gasteiger partial charge in [-0.3, -0.25) is 9.69 Å². The SMILES string of the molecule is C[C@@]1(O)CCCN(c2ccc(C(=O)N3CCC(N4CCOCC4)CC3)cn2)C1. The molecule has 1 aromatic heterocycles. The summed E-state index contributed by atoms with van der Waals surface area (Å²) < 4.78 is 5.44. The van der Waals surface area contributed by atoms with E-state index in [4.69, 9.17) is 4.74 Å². The average molecular weight is 389 g/mol. The quantitative estimate of drug-likeness (QED) is 0.844. The molecule has 3 aliphatic rings. The maximum Gasteiger partial charge on any atom is 0.255 e. The first-order valence-corrected chi connectivity index (χ1v) is 10.6. The van der Waals surface area contributed by atoms with E-state index in [9.17, 15) is 9.90 Å². The molecule has 1 amide bonds. The highest BCUT2D eigenvalue weighted by atomic mass is 16.5. The number of aliphatic hydroxyl groups is 1. The van der Waals surface area contributed by atoms with E-state index in [2.05, 4.69) is 14.8 Å². The van der Waals surface area contributed by atoms with E-state index < -0.39 is 5.60 Å². The van der Waals surface area contributed by atoms with Crippen LogP contribution in [0.3, 0.4) is 0 Å². The summed E-state index contributed by atoms with van der Waals surface area (Å²) in [6.07, 6.45) is 5.52. The third-order valence-electron chi connectivity index (χ3n) is 6.31. The fourth-order valence-electron chi connectivity index (χ4n) is 4.67. The highest BCUT2D eigenvalue weighted by Gasteiger charge is 2.30. The summed E-state index contributed by atoms with van der Waals surface area (Å²) in [5.74, 6) is 0.910. The largest absolute Gasteiger partial charge is 0.388 e. The molecule has 3 aliphatic heterocycles. The number of β-amino-alcohol motifs (C(OH)–C–C–N with tert-alkyl or cyclic N) is 1. The standard InChI is InChI=1S/C21H32N4O3/c1-21(27)7-2-8-25(16-21)19-4-3-17(15-22-19)20(26)24-9-5-18(6-10-24)23-11-13-28-14-12-23/h3-4,15,18,27H,2,5-14,16H2,1H3/t21-/m1/s1. The van der Waals surface area contributed by atoms with Crippen molar-refractivity contribution >= 4 is 11.7 Å². The summed E-state index contributed by atoms with van der Waals surface area (Å²) in [7, 11) is 0. The number of nitrogens with zero attached hydrogens (tertiary/aromatic N) is 4. The molecule has 7 heteroatoms. The fraction of sp³-hybridized carbons (Fsp3) is 0.714. The molecule has 0 radical (unpaired) electrons. The number of aromatic nitrogens is 1. The maximum absolute atomic E-state index is 12.9. The van der Waals surface area contributed by atoms with Gasteiger partial charge in [-0.25, -0.2) is 4.98 Å². The minimum atomic E-state index is -0.667. The Morgan fingerprint density at radius 2 is 1.93 bits per heavy atom. The van der Waals surface area contributed by atoms with Crippen molar-refractivity contribution in [1.82, 2.24) is 14.8 Å². The van der Waals surface area contributed by atoms with Crippen molar-refractivity contribution in [2.24, 2.45) is 0 Å². The molecule has 4 heterocycles. The molecule has 0 bridgehead atoms. The molecule has 0 spiro atoms. The Bertz CT molecular complexity index is 665. The van der Waals surface area contributed by atoms with E-state index in [1.54, 1.807) is 6.20 Å². The van der Waals surface area contributed by atoms with Crippen LogP contribution in [0.15, 0.2) is 18.3 Å². The van der Waals surface area contributed by atoms with Crippen molar-refractivity contribution in [3.63, 3.8) is 0 Å². The second kappa shape index (κ2) is 8.35. The van der Waals surface area contributed by atoms with Crippen molar-refractivity contribution in [3.8, 4) is 0 Å². The van der Waals surface area contributed by atoms with Gasteiger partial charge in [0.25, 0.3) is 5.91 Å². The van der Waals surface area contributed by atoms with Gasteiger partial charge in [0.2, 0.25) is 0 Å². The van der Waals surface area contributed by atoms with Crippen LogP contribution in [0, 0.1) is 0 Å². The van der Waals surface area contributed by atoms with Crippen molar-refractivity contribution < 1.29 is 14.6 Å². The van der Waals surface area contributed by atoms with Crippen molar-refractivity contribution in [1.29, 1.82) is 0 Å². The third kappa shape index (κ3) is 4.47. The molecule has 154 valence electrons. The zero-order chi connectivity index (χ0) is 19.6. The van der Waals surface area contributed by atoms with Gasteiger partial charge in [-0.05, 0) is 44.7 Å². The fourth-order valence-corrected chi connectivity index (χ4v) is 4.67. The van der Waals surface area contributed by atoms with Crippen molar-refractivity contribution in [2.75, 3.05) is 57.4 Å². The summed E-state index contributed by atoms with van der Waals surface area (Å²) in [5, 5.41) is 10.3. The smallest absolute Gasteiger partial charge is 0.255 e. The molecule has 1 atom stereocenters. The normalized spacial score (nSPS) is 27.8. The summed E-state index contributed by atoms with van der Waals surface area (Å²) >= 11 is 0. The maximum atomic E-state index is 12.9. The van der Waals surface area contributed by atoms with Gasteiger partial charge in [-0.15, -0.1) is 0 Å². The molecule has 1 N–H and O–H groups in total. The molecule has 0 aromatic carbocycles. The number of piperidine rings is 2. The van der Waals surface area contributed by atoms with Crippen LogP contribution in [0.2, 0.25) is 0 Å². The second-order valence-corrected chi connectivity index (χ2v) is 8.60. The molecular weight excluding hydrogens is 356 g/mol. The van der Waals surface area contributed by atoms with Crippen molar-refractivity contribution in [2.45, 2.75) is 44.2 Å². The van der Waals surface area contributed by atoms with E-state index in [1.165, 1.54) is 0 Å². The molecule has 0 aliphatic carbocycles. The van der Waals surface area contributed by atoms with Crippen LogP contribution in [0.1, 0.15) is 43.0 Å². The highest BCUT2D eigenvalue weighted by Crippen LogP contribution is 2.25. The summed E-state index contributed by atoms with van der Waals surface area (Å²) in [5.41, 5.74) is -0.0171. The number of morpholine rings is 1. The van der Waals surface area contributed by atoms with Crippen LogP contribution < -0.4 is 4.90 Å². The molecule has 28 heavy (non-hydrogen) atoms. The first-order chi connectivity index (χ1) is 13.5. The number of ether oxygens (including phenoxy) is 1. The molecule has 7 nitrogen and oxygen atoms in total. The summed E-state index contributed by atoms with van der Waals surface area (Å²) in [4.78, 5) is 24.0. The van der Waals surface area contributed by atoms with Crippen LogP contribution in [0.5, 0.6) is 0 Å². The minimum Gasteiger partial charge on any atom is -0.388 e. The molecule has 1 aromatic rings. The number of carbonyl (C=O) groups is 1. The van der Waals surface area contributed by atoms with Gasteiger partial charge < -0.3 is 19.6 Å². The first kappa shape index (κ1) is 19.6. The van der Waals surface area contributed by atoms with Crippen LogP contribution in [0.4, 0.5) is 5.82 Å². The monoisotopic (exact) mass is 388 g/mol. The number of hydrogen-bond donors (Lipinski definition) is 1. The first-order valence-electron chi connectivity index (χ1n) is 10.6. The van der Waals surface area contributed by atoms with Crippen LogP contribution in [0.25, 0.3) is 0 Å². The Hall–Kier alpha value is -1.70.